The fraction of sp³-hybridized carbons (Fsp3) is 0.714. The summed E-state index contributed by atoms with van der Waals surface area (Å²) in [6, 6.07) is 0. The summed E-state index contributed by atoms with van der Waals surface area (Å²) in [5.41, 5.74) is 3.95. The highest BCUT2D eigenvalue weighted by Crippen LogP contribution is 1.95. The number of hydroxylamine groups is 1. The van der Waals surface area contributed by atoms with Gasteiger partial charge in [-0.2, -0.15) is 0 Å². The van der Waals surface area contributed by atoms with E-state index >= 15 is 0 Å². The van der Waals surface area contributed by atoms with Gasteiger partial charge in [-0.05, 0) is 12.8 Å². The molecule has 0 rings (SSSR count). The van der Waals surface area contributed by atoms with Gasteiger partial charge in [0, 0.05) is 5.70 Å². The maximum absolute atomic E-state index is 4.73. The third-order valence-electron chi connectivity index (χ3n) is 1.06. The van der Waals surface area contributed by atoms with Gasteiger partial charge in [0.2, 0.25) is 0 Å². The van der Waals surface area contributed by atoms with Gasteiger partial charge in [-0.25, -0.2) is 0 Å². The standard InChI is InChI=1S/C7H15NO/c1-4-6-7(5-2)8-9-3/h6,8H,4-5H2,1-3H3. The Hall–Kier alpha value is -0.500. The Morgan fingerprint density at radius 2 is 2.22 bits per heavy atom. The maximum atomic E-state index is 4.73. The molecule has 0 aromatic rings. The number of allylic oxidation sites excluding steroid dienone is 2. The van der Waals surface area contributed by atoms with Crippen LogP contribution in [0.3, 0.4) is 0 Å². The van der Waals surface area contributed by atoms with E-state index in [0.717, 1.165) is 18.5 Å². The topological polar surface area (TPSA) is 21.3 Å². The van der Waals surface area contributed by atoms with Gasteiger partial charge in [0.05, 0.1) is 7.11 Å². The van der Waals surface area contributed by atoms with Gasteiger partial charge < -0.3 is 0 Å². The monoisotopic (exact) mass is 129 g/mol. The maximum Gasteiger partial charge on any atom is 0.0636 e. The predicted molar refractivity (Wildman–Crippen MR) is 38.8 cm³/mol. The molecule has 0 aromatic heterocycles. The van der Waals surface area contributed by atoms with Crippen molar-refractivity contribution in [2.75, 3.05) is 7.11 Å². The third kappa shape index (κ3) is 4.03. The molecule has 0 saturated carbocycles. The van der Waals surface area contributed by atoms with Crippen LogP contribution in [0, 0.1) is 0 Å². The summed E-state index contributed by atoms with van der Waals surface area (Å²) in [6.45, 7) is 4.19. The zero-order valence-corrected chi connectivity index (χ0v) is 6.40. The average molecular weight is 129 g/mol. The summed E-state index contributed by atoms with van der Waals surface area (Å²) in [5, 5.41) is 0. The lowest BCUT2D eigenvalue weighted by Gasteiger charge is -2.03. The van der Waals surface area contributed by atoms with Gasteiger partial charge in [-0.3, -0.25) is 10.3 Å². The summed E-state index contributed by atoms with van der Waals surface area (Å²) < 4.78 is 0. The number of nitrogens with one attached hydrogen (secondary N) is 1. The minimum atomic E-state index is 1.00. The highest BCUT2D eigenvalue weighted by molar-refractivity contribution is 4.95. The lowest BCUT2D eigenvalue weighted by molar-refractivity contribution is 0.115. The first kappa shape index (κ1) is 8.50. The van der Waals surface area contributed by atoms with E-state index in [1.54, 1.807) is 7.11 Å². The zero-order chi connectivity index (χ0) is 7.11. The van der Waals surface area contributed by atoms with Crippen molar-refractivity contribution in [3.63, 3.8) is 0 Å². The smallest absolute Gasteiger partial charge is 0.0636 e. The molecular weight excluding hydrogens is 114 g/mol. The fourth-order valence-corrected chi connectivity index (χ4v) is 0.636. The molecule has 0 aliphatic heterocycles. The molecule has 0 atom stereocenters. The van der Waals surface area contributed by atoms with Crippen LogP contribution in [0.5, 0.6) is 0 Å². The van der Waals surface area contributed by atoms with E-state index in [4.69, 9.17) is 4.84 Å². The second-order valence-electron chi connectivity index (χ2n) is 1.80. The Bertz CT molecular complexity index is 88.9. The minimum Gasteiger partial charge on any atom is -0.280 e. The molecule has 2 nitrogen and oxygen atoms in total. The first-order valence-electron chi connectivity index (χ1n) is 3.33. The van der Waals surface area contributed by atoms with E-state index in [2.05, 4.69) is 25.4 Å². The summed E-state index contributed by atoms with van der Waals surface area (Å²) in [6.07, 6.45) is 4.17. The van der Waals surface area contributed by atoms with Crippen molar-refractivity contribution in [3.05, 3.63) is 11.8 Å². The Balaban J connectivity index is 3.53. The van der Waals surface area contributed by atoms with Gasteiger partial charge in [-0.1, -0.05) is 19.9 Å². The van der Waals surface area contributed by atoms with Crippen LogP contribution in [0.15, 0.2) is 11.8 Å². The van der Waals surface area contributed by atoms with E-state index in [1.165, 1.54) is 0 Å². The van der Waals surface area contributed by atoms with Gasteiger partial charge in [0.15, 0.2) is 0 Å². The molecule has 0 fully saturated rings. The SMILES string of the molecule is CCC=C(CC)NOC. The second-order valence-corrected chi connectivity index (χ2v) is 1.80. The lowest BCUT2D eigenvalue weighted by atomic mass is 10.3. The quantitative estimate of drug-likeness (QED) is 0.585. The Kier molecular flexibility index (Phi) is 5.32. The molecule has 0 unspecified atom stereocenters. The molecule has 1 N–H and O–H groups in total. The van der Waals surface area contributed by atoms with Crippen LogP contribution in [0.25, 0.3) is 0 Å². The summed E-state index contributed by atoms with van der Waals surface area (Å²) in [7, 11) is 1.62. The van der Waals surface area contributed by atoms with E-state index < -0.39 is 0 Å². The molecule has 0 heterocycles. The zero-order valence-electron chi connectivity index (χ0n) is 6.40. The van der Waals surface area contributed by atoms with Crippen molar-refractivity contribution in [1.29, 1.82) is 0 Å². The molecule has 0 bridgehead atoms. The number of rotatable bonds is 4. The van der Waals surface area contributed by atoms with Gasteiger partial charge >= 0.3 is 0 Å². The molecule has 0 radical (unpaired) electrons. The van der Waals surface area contributed by atoms with Gasteiger partial charge in [-0.15, -0.1) is 0 Å². The van der Waals surface area contributed by atoms with E-state index in [-0.39, 0.29) is 0 Å². The molecule has 9 heavy (non-hydrogen) atoms. The Labute approximate surface area is 56.9 Å². The minimum absolute atomic E-state index is 1.00. The lowest BCUT2D eigenvalue weighted by Crippen LogP contribution is -2.09. The normalized spacial score (nSPS) is 11.7. The van der Waals surface area contributed by atoms with Crippen molar-refractivity contribution in [3.8, 4) is 0 Å². The molecule has 0 aliphatic carbocycles. The molecule has 0 aromatic carbocycles. The van der Waals surface area contributed by atoms with Gasteiger partial charge in [0.1, 0.15) is 0 Å². The van der Waals surface area contributed by atoms with Crippen molar-refractivity contribution >= 4 is 0 Å². The van der Waals surface area contributed by atoms with E-state index in [9.17, 15) is 0 Å². The molecule has 0 aliphatic rings. The number of hydrogen-bond acceptors (Lipinski definition) is 2. The Morgan fingerprint density at radius 1 is 1.56 bits per heavy atom. The van der Waals surface area contributed by atoms with E-state index in [1.807, 2.05) is 0 Å². The summed E-state index contributed by atoms with van der Waals surface area (Å²) in [5.74, 6) is 0. The van der Waals surface area contributed by atoms with Crippen LogP contribution in [0.2, 0.25) is 0 Å². The highest BCUT2D eigenvalue weighted by Gasteiger charge is 1.86. The molecule has 2 heteroatoms. The molecule has 0 amide bonds. The van der Waals surface area contributed by atoms with Gasteiger partial charge in [0.25, 0.3) is 0 Å². The molecule has 54 valence electrons. The molecular formula is C7H15NO. The Morgan fingerprint density at radius 3 is 2.56 bits per heavy atom. The summed E-state index contributed by atoms with van der Waals surface area (Å²) >= 11 is 0. The molecule has 0 saturated heterocycles. The largest absolute Gasteiger partial charge is 0.280 e. The first-order valence-corrected chi connectivity index (χ1v) is 3.33. The van der Waals surface area contributed by atoms with Crippen LogP contribution in [0.4, 0.5) is 0 Å². The molecule has 0 spiro atoms. The van der Waals surface area contributed by atoms with E-state index in [0.29, 0.717) is 0 Å². The van der Waals surface area contributed by atoms with Crippen molar-refractivity contribution in [2.45, 2.75) is 26.7 Å². The van der Waals surface area contributed by atoms with Crippen LogP contribution < -0.4 is 5.48 Å². The third-order valence-corrected chi connectivity index (χ3v) is 1.06. The second kappa shape index (κ2) is 5.63. The summed E-state index contributed by atoms with van der Waals surface area (Å²) in [4.78, 5) is 4.73. The van der Waals surface area contributed by atoms with Crippen LogP contribution >= 0.6 is 0 Å². The fourth-order valence-electron chi connectivity index (χ4n) is 0.636. The number of hydrogen-bond donors (Lipinski definition) is 1. The van der Waals surface area contributed by atoms with Crippen molar-refractivity contribution in [2.24, 2.45) is 0 Å². The van der Waals surface area contributed by atoms with Crippen LogP contribution in [-0.4, -0.2) is 7.11 Å². The van der Waals surface area contributed by atoms with Crippen LogP contribution in [-0.2, 0) is 4.84 Å². The average Bonchev–Trinajstić information content (AvgIpc) is 1.88. The first-order chi connectivity index (χ1) is 4.35. The predicted octanol–water partition coefficient (Wildman–Crippen LogP) is 1.84. The van der Waals surface area contributed by atoms with Crippen LogP contribution in [0.1, 0.15) is 26.7 Å². The van der Waals surface area contributed by atoms with Crippen molar-refractivity contribution < 1.29 is 4.84 Å². The highest BCUT2D eigenvalue weighted by atomic mass is 16.6. The van der Waals surface area contributed by atoms with Crippen molar-refractivity contribution in [1.82, 2.24) is 5.48 Å².